The minimum Gasteiger partial charge on any atom is -0.456 e. The number of esters is 1. The predicted octanol–water partition coefficient (Wildman–Crippen LogP) is 2.70. The van der Waals surface area contributed by atoms with Crippen LogP contribution in [0.2, 0.25) is 0 Å². The molecule has 26 heavy (non-hydrogen) atoms. The molecule has 5 heteroatoms. The molecule has 0 aromatic carbocycles. The summed E-state index contributed by atoms with van der Waals surface area (Å²) in [4.78, 5) is 24.3. The Kier molecular flexibility index (Phi) is 3.12. The zero-order valence-corrected chi connectivity index (χ0v) is 15.8. The fourth-order valence-electron chi connectivity index (χ4n) is 7.03. The molecule has 3 aliphatic carbocycles. The van der Waals surface area contributed by atoms with Crippen LogP contribution in [0.25, 0.3) is 0 Å². The molecule has 5 rings (SSSR count). The second kappa shape index (κ2) is 4.79. The van der Waals surface area contributed by atoms with Gasteiger partial charge in [0.05, 0.1) is 17.6 Å². The van der Waals surface area contributed by atoms with Crippen molar-refractivity contribution < 1.29 is 24.2 Å². The number of allylic oxidation sites excluding steroid dienone is 1. The summed E-state index contributed by atoms with van der Waals surface area (Å²) >= 11 is 0. The maximum atomic E-state index is 12.2. The Balaban J connectivity index is 1.59. The van der Waals surface area contributed by atoms with Crippen LogP contribution < -0.4 is 0 Å². The van der Waals surface area contributed by atoms with Crippen LogP contribution in [-0.2, 0) is 19.1 Å². The van der Waals surface area contributed by atoms with Crippen molar-refractivity contribution >= 4 is 11.8 Å². The molecule has 0 amide bonds. The average molecular weight is 360 g/mol. The Morgan fingerprint density at radius 2 is 1.92 bits per heavy atom. The van der Waals surface area contributed by atoms with Crippen molar-refractivity contribution in [2.45, 2.75) is 88.6 Å². The van der Waals surface area contributed by atoms with Crippen LogP contribution in [0.3, 0.4) is 0 Å². The molecule has 142 valence electrons. The van der Waals surface area contributed by atoms with Gasteiger partial charge in [-0.1, -0.05) is 12.5 Å². The van der Waals surface area contributed by atoms with Gasteiger partial charge in [-0.15, -0.1) is 0 Å². The van der Waals surface area contributed by atoms with E-state index in [2.05, 4.69) is 20.8 Å². The Hall–Kier alpha value is -1.20. The minimum absolute atomic E-state index is 0.0246. The first-order valence-corrected chi connectivity index (χ1v) is 9.95. The molecule has 2 aliphatic heterocycles. The monoisotopic (exact) mass is 360 g/mol. The summed E-state index contributed by atoms with van der Waals surface area (Å²) in [7, 11) is 0. The predicted molar refractivity (Wildman–Crippen MR) is 93.2 cm³/mol. The lowest BCUT2D eigenvalue weighted by Crippen LogP contribution is -2.53. The van der Waals surface area contributed by atoms with Crippen molar-refractivity contribution in [2.75, 3.05) is 0 Å². The molecule has 0 radical (unpaired) electrons. The maximum absolute atomic E-state index is 12.2. The number of carbonyl (C=O) groups is 2. The quantitative estimate of drug-likeness (QED) is 0.673. The van der Waals surface area contributed by atoms with Crippen LogP contribution in [0.5, 0.6) is 0 Å². The van der Waals surface area contributed by atoms with E-state index in [9.17, 15) is 14.7 Å². The first-order valence-electron chi connectivity index (χ1n) is 9.95. The number of ether oxygens (including phenoxy) is 2. The van der Waals surface area contributed by atoms with E-state index in [-0.39, 0.29) is 47.1 Å². The van der Waals surface area contributed by atoms with Crippen LogP contribution in [0.1, 0.15) is 65.7 Å². The van der Waals surface area contributed by atoms with Crippen LogP contribution in [-0.4, -0.2) is 39.8 Å². The normalized spacial score (nSPS) is 51.7. The number of carbonyl (C=O) groups excluding carboxylic acids is 2. The molecular formula is C21H28O5. The third-order valence-corrected chi connectivity index (χ3v) is 8.11. The standard InChI is InChI=1S/C21H28O5/c1-18(2)15-5-4-13-14-8-12(22)10-19(14,3)6-7-20(13,24)11-21(15)16(25-18)9-17(23)26-21/h8,13,15-16,24H,4-7,9-11H2,1-3H3/t13-,15-,16+,19+,20-,21+/m0/s1. The molecule has 6 atom stereocenters. The molecule has 0 aromatic heterocycles. The number of hydrogen-bond acceptors (Lipinski definition) is 5. The van der Waals surface area contributed by atoms with Gasteiger partial charge in [-0.3, -0.25) is 9.59 Å². The summed E-state index contributed by atoms with van der Waals surface area (Å²) in [6, 6.07) is 0. The molecule has 5 nitrogen and oxygen atoms in total. The first-order chi connectivity index (χ1) is 12.1. The third kappa shape index (κ3) is 1.99. The number of rotatable bonds is 0. The van der Waals surface area contributed by atoms with Gasteiger partial charge in [0, 0.05) is 24.7 Å². The van der Waals surface area contributed by atoms with E-state index < -0.39 is 11.2 Å². The highest BCUT2D eigenvalue weighted by Gasteiger charge is 2.70. The van der Waals surface area contributed by atoms with Gasteiger partial charge in [0.1, 0.15) is 11.7 Å². The lowest BCUT2D eigenvalue weighted by Gasteiger charge is -2.49. The lowest BCUT2D eigenvalue weighted by atomic mass is 9.59. The SMILES string of the molecule is CC1(C)O[C@@H]2CC(=O)O[C@@]23C[C@@]2(O)CC[C@]4(C)CC(=O)C=C4[C@@H]2CC[C@@H]13. The van der Waals surface area contributed by atoms with Gasteiger partial charge in [-0.05, 0) is 51.0 Å². The Bertz CT molecular complexity index is 739. The smallest absolute Gasteiger partial charge is 0.309 e. The van der Waals surface area contributed by atoms with Crippen LogP contribution >= 0.6 is 0 Å². The van der Waals surface area contributed by atoms with Gasteiger partial charge < -0.3 is 14.6 Å². The lowest BCUT2D eigenvalue weighted by molar-refractivity contribution is -0.162. The molecule has 2 saturated carbocycles. The number of fused-ring (bicyclic) bond motifs is 3. The van der Waals surface area contributed by atoms with Gasteiger partial charge >= 0.3 is 5.97 Å². The zero-order valence-electron chi connectivity index (χ0n) is 15.8. The van der Waals surface area contributed by atoms with Crippen LogP contribution in [0.4, 0.5) is 0 Å². The Morgan fingerprint density at radius 1 is 1.15 bits per heavy atom. The van der Waals surface area contributed by atoms with E-state index in [4.69, 9.17) is 9.47 Å². The second-order valence-electron chi connectivity index (χ2n) is 10.1. The molecule has 4 fully saturated rings. The average Bonchev–Trinajstić information content (AvgIpc) is 2.99. The van der Waals surface area contributed by atoms with Crippen molar-refractivity contribution in [1.29, 1.82) is 0 Å². The molecule has 0 aromatic rings. The van der Waals surface area contributed by atoms with E-state index in [0.717, 1.165) is 24.8 Å². The molecule has 2 saturated heterocycles. The van der Waals surface area contributed by atoms with E-state index in [1.165, 1.54) is 0 Å². The van der Waals surface area contributed by atoms with Crippen molar-refractivity contribution in [3.05, 3.63) is 11.6 Å². The molecule has 2 heterocycles. The number of hydrogen-bond donors (Lipinski definition) is 1. The summed E-state index contributed by atoms with van der Waals surface area (Å²) < 4.78 is 12.2. The van der Waals surface area contributed by atoms with Crippen molar-refractivity contribution in [3.63, 3.8) is 0 Å². The third-order valence-electron chi connectivity index (χ3n) is 8.11. The molecule has 5 aliphatic rings. The van der Waals surface area contributed by atoms with E-state index in [1.807, 2.05) is 0 Å². The van der Waals surface area contributed by atoms with Crippen molar-refractivity contribution in [1.82, 2.24) is 0 Å². The van der Waals surface area contributed by atoms with Crippen molar-refractivity contribution in [3.8, 4) is 0 Å². The maximum Gasteiger partial charge on any atom is 0.309 e. The highest BCUT2D eigenvalue weighted by Crippen LogP contribution is 2.63. The number of aliphatic hydroxyl groups is 1. The Morgan fingerprint density at radius 3 is 2.69 bits per heavy atom. The topological polar surface area (TPSA) is 72.8 Å². The van der Waals surface area contributed by atoms with E-state index in [1.54, 1.807) is 6.08 Å². The first kappa shape index (κ1) is 16.9. The van der Waals surface area contributed by atoms with E-state index in [0.29, 0.717) is 19.3 Å². The van der Waals surface area contributed by atoms with Crippen LogP contribution in [0, 0.1) is 17.3 Å². The fraction of sp³-hybridized carbons (Fsp3) is 0.810. The minimum atomic E-state index is -0.933. The van der Waals surface area contributed by atoms with Gasteiger partial charge in [-0.25, -0.2) is 0 Å². The van der Waals surface area contributed by atoms with Gasteiger partial charge in [-0.2, -0.15) is 0 Å². The van der Waals surface area contributed by atoms with E-state index >= 15 is 0 Å². The highest BCUT2D eigenvalue weighted by molar-refractivity contribution is 5.94. The number of ketones is 1. The molecular weight excluding hydrogens is 332 g/mol. The summed E-state index contributed by atoms with van der Waals surface area (Å²) in [6.45, 7) is 6.32. The Labute approximate surface area is 154 Å². The van der Waals surface area contributed by atoms with Crippen LogP contribution in [0.15, 0.2) is 11.6 Å². The highest BCUT2D eigenvalue weighted by atomic mass is 16.6. The van der Waals surface area contributed by atoms with Gasteiger partial charge in [0.15, 0.2) is 5.78 Å². The molecule has 1 N–H and O–H groups in total. The van der Waals surface area contributed by atoms with Crippen molar-refractivity contribution in [2.24, 2.45) is 17.3 Å². The molecule has 0 unspecified atom stereocenters. The summed E-state index contributed by atoms with van der Waals surface area (Å²) in [5, 5.41) is 11.8. The molecule has 0 bridgehead atoms. The summed E-state index contributed by atoms with van der Waals surface area (Å²) in [5.74, 6) is 0.0186. The fourth-order valence-corrected chi connectivity index (χ4v) is 7.03. The zero-order chi connectivity index (χ0) is 18.5. The summed E-state index contributed by atoms with van der Waals surface area (Å²) in [5.41, 5.74) is -1.01. The second-order valence-corrected chi connectivity index (χ2v) is 10.1. The molecule has 1 spiro atoms. The largest absolute Gasteiger partial charge is 0.456 e. The summed E-state index contributed by atoms with van der Waals surface area (Å²) in [6.07, 6.45) is 5.91. The van der Waals surface area contributed by atoms with Gasteiger partial charge in [0.2, 0.25) is 0 Å². The van der Waals surface area contributed by atoms with Gasteiger partial charge in [0.25, 0.3) is 0 Å².